The number of benzene rings is 1. The van der Waals surface area contributed by atoms with Gasteiger partial charge in [-0.2, -0.15) is 0 Å². The molecule has 0 spiro atoms. The molecule has 2 unspecified atom stereocenters. The second-order valence-electron chi connectivity index (χ2n) is 14.3. The smallest absolute Gasteiger partial charge is 0.355 e. The lowest BCUT2D eigenvalue weighted by Gasteiger charge is -2.36. The van der Waals surface area contributed by atoms with E-state index in [9.17, 15) is 34.2 Å². The minimum Gasteiger partial charge on any atom is -0.508 e. The van der Waals surface area contributed by atoms with Gasteiger partial charge in [0.25, 0.3) is 5.56 Å². The zero-order valence-corrected chi connectivity index (χ0v) is 31.4. The van der Waals surface area contributed by atoms with E-state index in [4.69, 9.17) is 34.4 Å². The van der Waals surface area contributed by atoms with Crippen LogP contribution in [0.4, 0.5) is 0 Å². The lowest BCUT2D eigenvalue weighted by atomic mass is 9.85. The number of hydrogen-bond acceptors (Lipinski definition) is 14. The lowest BCUT2D eigenvalue weighted by molar-refractivity contribution is -0.237. The number of carbonyl (C=O) groups is 4. The van der Waals surface area contributed by atoms with Gasteiger partial charge in [0.1, 0.15) is 31.2 Å². The van der Waals surface area contributed by atoms with Crippen molar-refractivity contribution in [2.45, 2.75) is 117 Å². The summed E-state index contributed by atoms with van der Waals surface area (Å²) in [5, 5.41) is 22.6. The molecule has 1 amide bonds. The van der Waals surface area contributed by atoms with Gasteiger partial charge in [-0.25, -0.2) is 14.6 Å². The summed E-state index contributed by atoms with van der Waals surface area (Å²) < 4.78 is 29.1. The Kier molecular flexibility index (Phi) is 12.1. The molecule has 3 aromatic rings. The Hall–Kier alpha value is -4.90. The van der Waals surface area contributed by atoms with Gasteiger partial charge in [0, 0.05) is 29.4 Å². The molecule has 0 bridgehead atoms. The van der Waals surface area contributed by atoms with Crippen molar-refractivity contribution in [3.63, 3.8) is 0 Å². The summed E-state index contributed by atoms with van der Waals surface area (Å²) in [6, 6.07) is 5.34. The van der Waals surface area contributed by atoms with Crippen LogP contribution in [0.5, 0.6) is 5.75 Å². The number of phenols is 1. The fourth-order valence-corrected chi connectivity index (χ4v) is 6.70. The third-order valence-electron chi connectivity index (χ3n) is 9.27. The van der Waals surface area contributed by atoms with E-state index in [-0.39, 0.29) is 62.3 Å². The van der Waals surface area contributed by atoms with Gasteiger partial charge >= 0.3 is 17.9 Å². The number of nitrogens with zero attached hydrogens (tertiary/aromatic N) is 2. The number of nitrogens with one attached hydrogen (secondary N) is 1. The summed E-state index contributed by atoms with van der Waals surface area (Å²) in [5.41, 5.74) is 6.36. The first-order valence-electron chi connectivity index (χ1n) is 18.0. The molecule has 5 N–H and O–H groups in total. The molecular weight excluding hydrogens is 704 g/mol. The highest BCUT2D eigenvalue weighted by atomic mass is 16.7. The van der Waals surface area contributed by atoms with Crippen LogP contribution < -0.4 is 16.6 Å². The van der Waals surface area contributed by atoms with Crippen LogP contribution >= 0.6 is 0 Å². The number of nitrogens with two attached hydrogens (primary N) is 1. The van der Waals surface area contributed by atoms with Crippen molar-refractivity contribution < 1.29 is 53.1 Å². The van der Waals surface area contributed by atoms with Gasteiger partial charge < -0.3 is 49.5 Å². The first kappa shape index (κ1) is 40.3. The molecule has 4 heterocycles. The van der Waals surface area contributed by atoms with E-state index in [1.54, 1.807) is 50.5 Å². The van der Waals surface area contributed by atoms with Crippen LogP contribution in [0.2, 0.25) is 0 Å². The van der Waals surface area contributed by atoms with Crippen molar-refractivity contribution in [1.29, 1.82) is 0 Å². The van der Waals surface area contributed by atoms with Crippen LogP contribution in [-0.2, 0) is 68.0 Å². The molecule has 16 nitrogen and oxygen atoms in total. The summed E-state index contributed by atoms with van der Waals surface area (Å²) in [5.74, 6) is -2.86. The van der Waals surface area contributed by atoms with E-state index in [0.29, 0.717) is 23.3 Å². The van der Waals surface area contributed by atoms with Gasteiger partial charge in [-0.15, -0.1) is 0 Å². The number of cyclic esters (lactones) is 1. The number of aliphatic hydroxyl groups is 1. The summed E-state index contributed by atoms with van der Waals surface area (Å²) in [4.78, 5) is 70.9. The van der Waals surface area contributed by atoms with E-state index < -0.39 is 65.7 Å². The van der Waals surface area contributed by atoms with E-state index in [0.717, 1.165) is 16.5 Å². The number of aryl methyl sites for hydroxylation is 1. The third-order valence-corrected chi connectivity index (χ3v) is 9.27. The average Bonchev–Trinajstić information content (AvgIpc) is 3.48. The van der Waals surface area contributed by atoms with Gasteiger partial charge in [0.05, 0.1) is 41.2 Å². The number of carbonyl (C=O) groups excluding carboxylic acids is 4. The van der Waals surface area contributed by atoms with Crippen molar-refractivity contribution in [3.8, 4) is 17.1 Å². The van der Waals surface area contributed by atoms with Crippen LogP contribution in [0.3, 0.4) is 0 Å². The molecule has 0 saturated carbocycles. The second-order valence-corrected chi connectivity index (χ2v) is 14.3. The van der Waals surface area contributed by atoms with Crippen molar-refractivity contribution in [2.75, 3.05) is 13.2 Å². The number of hydrogen-bond donors (Lipinski definition) is 4. The molecule has 0 aliphatic carbocycles. The minimum atomic E-state index is -1.97. The highest BCUT2D eigenvalue weighted by molar-refractivity contribution is 5.91. The number of amides is 1. The van der Waals surface area contributed by atoms with Crippen LogP contribution in [0.25, 0.3) is 22.3 Å². The van der Waals surface area contributed by atoms with Crippen molar-refractivity contribution >= 4 is 34.7 Å². The van der Waals surface area contributed by atoms with Gasteiger partial charge in [-0.05, 0) is 76.8 Å². The van der Waals surface area contributed by atoms with Gasteiger partial charge in [0.15, 0.2) is 6.29 Å². The maximum atomic E-state index is 14.0. The highest BCUT2D eigenvalue weighted by Crippen LogP contribution is 2.42. The predicted octanol–water partition coefficient (Wildman–Crippen LogP) is 2.55. The fourth-order valence-electron chi connectivity index (χ4n) is 6.70. The quantitative estimate of drug-likeness (QED) is 0.0778. The highest BCUT2D eigenvalue weighted by Gasteiger charge is 2.51. The van der Waals surface area contributed by atoms with E-state index in [1.165, 1.54) is 13.0 Å². The topological polar surface area (TPSA) is 228 Å². The third kappa shape index (κ3) is 8.41. The van der Waals surface area contributed by atoms with Gasteiger partial charge in [-0.1, -0.05) is 13.8 Å². The standard InChI is InChI=1S/C38H48N4O12/c1-7-22-23-14-21(44)12-13-27(23)41-33-24(22)16-42-28(33)15-26-25(34(42)47)18-51-36(49)38(26,8-2)54-35(48)20(3)40-30(45)10-9-11-31(46)50-19-32(52-29(39)17-43)53-37(4,5)6/h12-15,20,29,32,43-44H,7-11,16-19,39H2,1-6H3,(H,40,45)/t20-,29?,32?,38-/m0/s1. The number of ether oxygens (including phenoxy) is 5. The van der Waals surface area contributed by atoms with Gasteiger partial charge in [0.2, 0.25) is 11.5 Å². The molecule has 54 heavy (non-hydrogen) atoms. The molecule has 292 valence electrons. The number of pyridine rings is 2. The molecule has 5 rings (SSSR count). The molecule has 16 heteroatoms. The Morgan fingerprint density at radius 3 is 2.54 bits per heavy atom. The Morgan fingerprint density at radius 1 is 1.13 bits per heavy atom. The van der Waals surface area contributed by atoms with E-state index in [2.05, 4.69) is 5.32 Å². The normalized spacial score (nSPS) is 17.8. The number of aromatic hydroxyl groups is 1. The maximum absolute atomic E-state index is 14.0. The van der Waals surface area contributed by atoms with E-state index >= 15 is 0 Å². The average molecular weight is 753 g/mol. The van der Waals surface area contributed by atoms with Crippen molar-refractivity contribution in [1.82, 2.24) is 14.9 Å². The Morgan fingerprint density at radius 2 is 1.87 bits per heavy atom. The summed E-state index contributed by atoms with van der Waals surface area (Å²) >= 11 is 0. The van der Waals surface area contributed by atoms with Crippen molar-refractivity contribution in [3.05, 3.63) is 56.9 Å². The number of phenolic OH excluding ortho intramolecular Hbond substituents is 1. The Bertz CT molecular complexity index is 2000. The number of aromatic nitrogens is 2. The molecule has 2 aliphatic heterocycles. The monoisotopic (exact) mass is 752 g/mol. The molecular formula is C38H48N4O12. The van der Waals surface area contributed by atoms with Crippen molar-refractivity contribution in [2.24, 2.45) is 5.73 Å². The summed E-state index contributed by atoms with van der Waals surface area (Å²) in [7, 11) is 0. The predicted molar refractivity (Wildman–Crippen MR) is 193 cm³/mol. The Labute approximate surface area is 311 Å². The molecule has 0 fully saturated rings. The SMILES string of the molecule is CCc1c2c(nc3ccc(O)cc13)-c1cc3c(c(=O)n1C2)COC(=O)[C@@]3(CC)OC(=O)[C@H](C)NC(=O)CCCC(=O)OCC(OC(N)CO)OC(C)(C)C. The molecule has 1 aromatic carbocycles. The molecule has 2 aromatic heterocycles. The largest absolute Gasteiger partial charge is 0.508 e. The minimum absolute atomic E-state index is 0.0631. The number of rotatable bonds is 15. The number of aliphatic hydroxyl groups excluding tert-OH is 1. The zero-order valence-electron chi connectivity index (χ0n) is 31.4. The van der Waals surface area contributed by atoms with Crippen LogP contribution in [0.15, 0.2) is 29.1 Å². The fraction of sp³-hybridized carbons (Fsp3) is 0.526. The molecule has 2 aliphatic rings. The second kappa shape index (κ2) is 16.2. The van der Waals surface area contributed by atoms with Gasteiger partial charge in [-0.3, -0.25) is 14.4 Å². The maximum Gasteiger partial charge on any atom is 0.355 e. The zero-order chi connectivity index (χ0) is 39.5. The van der Waals surface area contributed by atoms with Crippen LogP contribution in [0.1, 0.15) is 89.5 Å². The first-order chi connectivity index (χ1) is 25.5. The molecule has 0 saturated heterocycles. The van der Waals surface area contributed by atoms with Crippen LogP contribution in [-0.4, -0.2) is 81.0 Å². The van der Waals surface area contributed by atoms with E-state index in [1.807, 2.05) is 6.92 Å². The summed E-state index contributed by atoms with van der Waals surface area (Å²) in [6.45, 7) is 9.49. The van der Waals surface area contributed by atoms with Crippen LogP contribution in [0, 0.1) is 0 Å². The first-order valence-corrected chi connectivity index (χ1v) is 18.0. The number of fused-ring (bicyclic) bond motifs is 5. The number of esters is 3. The molecule has 0 radical (unpaired) electrons. The Balaban J connectivity index is 1.26. The molecule has 4 atom stereocenters. The summed E-state index contributed by atoms with van der Waals surface area (Å²) in [6.07, 6.45) is -1.68. The lowest BCUT2D eigenvalue weighted by Crippen LogP contribution is -2.50.